The summed E-state index contributed by atoms with van der Waals surface area (Å²) in [5, 5.41) is 43.9. The van der Waals surface area contributed by atoms with Crippen molar-refractivity contribution in [1.82, 2.24) is 9.88 Å². The molecule has 4 rings (SSSR count). The number of fused-ring (bicyclic) bond motifs is 1. The van der Waals surface area contributed by atoms with Gasteiger partial charge in [-0.3, -0.25) is 4.79 Å². The van der Waals surface area contributed by atoms with Crippen LogP contribution in [0.5, 0.6) is 0 Å². The van der Waals surface area contributed by atoms with Crippen molar-refractivity contribution in [1.29, 1.82) is 5.26 Å². The van der Waals surface area contributed by atoms with Crippen molar-refractivity contribution < 1.29 is 24.9 Å². The smallest absolute Gasteiger partial charge is 0.262 e. The minimum Gasteiger partial charge on any atom is -0.388 e. The van der Waals surface area contributed by atoms with E-state index in [0.717, 1.165) is 35.1 Å². The summed E-state index contributed by atoms with van der Waals surface area (Å²) in [4.78, 5) is 15.0. The van der Waals surface area contributed by atoms with E-state index in [-0.39, 0.29) is 18.7 Å². The lowest BCUT2D eigenvalue weighted by Crippen LogP contribution is -2.56. The maximum absolute atomic E-state index is 12.7. The SMILES string of the molecule is CCN(CC)c1ccc2cc(-c3ccc(/C=C(\C#N)C(=O)NC[C@H]4OC[C@H](O)[C@@H](O)[C@@H]4O)n3C)ccc2c1. The van der Waals surface area contributed by atoms with Crippen molar-refractivity contribution in [3.05, 3.63) is 59.8 Å². The number of nitriles is 1. The van der Waals surface area contributed by atoms with Gasteiger partial charge in [0.2, 0.25) is 0 Å². The number of anilines is 1. The Labute approximate surface area is 222 Å². The fourth-order valence-electron chi connectivity index (χ4n) is 4.77. The third-order valence-electron chi connectivity index (χ3n) is 7.14. The van der Waals surface area contributed by atoms with E-state index in [4.69, 9.17) is 4.74 Å². The topological polar surface area (TPSA) is 131 Å². The summed E-state index contributed by atoms with van der Waals surface area (Å²) in [6, 6.07) is 18.5. The number of hydrogen-bond acceptors (Lipinski definition) is 7. The number of nitrogens with one attached hydrogen (secondary N) is 1. The van der Waals surface area contributed by atoms with Crippen LogP contribution in [0.1, 0.15) is 19.5 Å². The molecule has 1 aromatic heterocycles. The number of aliphatic hydroxyl groups is 3. The van der Waals surface area contributed by atoms with Gasteiger partial charge in [-0.25, -0.2) is 0 Å². The monoisotopic (exact) mass is 518 g/mol. The molecule has 9 nitrogen and oxygen atoms in total. The molecule has 200 valence electrons. The molecule has 1 fully saturated rings. The van der Waals surface area contributed by atoms with Gasteiger partial charge in [0.05, 0.1) is 6.61 Å². The molecule has 9 heteroatoms. The van der Waals surface area contributed by atoms with Gasteiger partial charge in [-0.05, 0) is 66.6 Å². The van der Waals surface area contributed by atoms with E-state index in [9.17, 15) is 25.4 Å². The summed E-state index contributed by atoms with van der Waals surface area (Å²) in [7, 11) is 1.88. The Hall–Kier alpha value is -3.68. The minimum atomic E-state index is -1.36. The molecular weight excluding hydrogens is 484 g/mol. The van der Waals surface area contributed by atoms with Crippen LogP contribution in [0.3, 0.4) is 0 Å². The molecule has 0 spiro atoms. The van der Waals surface area contributed by atoms with Crippen molar-refractivity contribution in [3.8, 4) is 17.3 Å². The average Bonchev–Trinajstić information content (AvgIpc) is 3.29. The van der Waals surface area contributed by atoms with Crippen molar-refractivity contribution in [2.45, 2.75) is 38.3 Å². The standard InChI is InChI=1S/C29H34N4O5/c1-4-33(5-2)23-9-8-18-12-20(7-6-19(18)13-23)24-11-10-22(32(24)3)14-21(15-30)29(37)31-16-26-28(36)27(35)25(34)17-38-26/h6-14,25-28,34-36H,4-5,16-17H2,1-3H3,(H,31,37)/b21-14+/t25-,26+,27+,28+/m0/s1. The molecule has 0 unspecified atom stereocenters. The Morgan fingerprint density at radius 1 is 1.11 bits per heavy atom. The first kappa shape index (κ1) is 27.4. The molecule has 4 atom stereocenters. The molecule has 0 bridgehead atoms. The van der Waals surface area contributed by atoms with Crippen LogP contribution in [0.4, 0.5) is 5.69 Å². The zero-order valence-electron chi connectivity index (χ0n) is 21.8. The third-order valence-corrected chi connectivity index (χ3v) is 7.14. The molecule has 0 aliphatic carbocycles. The van der Waals surface area contributed by atoms with E-state index in [1.165, 1.54) is 11.8 Å². The van der Waals surface area contributed by atoms with Crippen LogP contribution >= 0.6 is 0 Å². The molecule has 1 amide bonds. The molecule has 0 radical (unpaired) electrons. The summed E-state index contributed by atoms with van der Waals surface area (Å²) < 4.78 is 7.22. The molecule has 2 heterocycles. The van der Waals surface area contributed by atoms with E-state index < -0.39 is 30.3 Å². The van der Waals surface area contributed by atoms with Gasteiger partial charge in [-0.2, -0.15) is 5.26 Å². The minimum absolute atomic E-state index is 0.105. The second-order valence-corrected chi connectivity index (χ2v) is 9.42. The largest absolute Gasteiger partial charge is 0.388 e. The van der Waals surface area contributed by atoms with Gasteiger partial charge in [0.25, 0.3) is 5.91 Å². The summed E-state index contributed by atoms with van der Waals surface area (Å²) in [5.41, 5.74) is 3.72. The summed E-state index contributed by atoms with van der Waals surface area (Å²) >= 11 is 0. The number of aromatic nitrogens is 1. The second kappa shape index (κ2) is 11.8. The Bertz CT molecular complexity index is 1370. The van der Waals surface area contributed by atoms with Crippen molar-refractivity contribution in [2.75, 3.05) is 31.1 Å². The fourth-order valence-corrected chi connectivity index (χ4v) is 4.77. The number of benzene rings is 2. The lowest BCUT2D eigenvalue weighted by atomic mass is 10.00. The van der Waals surface area contributed by atoms with Crippen LogP contribution in [-0.4, -0.2) is 76.5 Å². The molecule has 3 aromatic rings. The highest BCUT2D eigenvalue weighted by atomic mass is 16.5. The van der Waals surface area contributed by atoms with Crippen LogP contribution in [0.25, 0.3) is 28.1 Å². The molecule has 0 saturated carbocycles. The van der Waals surface area contributed by atoms with E-state index in [1.54, 1.807) is 0 Å². The van der Waals surface area contributed by atoms with E-state index in [2.05, 4.69) is 60.5 Å². The number of hydrogen-bond donors (Lipinski definition) is 4. The Balaban J connectivity index is 1.50. The number of rotatable bonds is 8. The number of carbonyl (C=O) groups excluding carboxylic acids is 1. The van der Waals surface area contributed by atoms with E-state index in [0.29, 0.717) is 5.69 Å². The average molecular weight is 519 g/mol. The van der Waals surface area contributed by atoms with Crippen LogP contribution in [0.15, 0.2) is 54.1 Å². The normalized spacial score (nSPS) is 21.8. The predicted molar refractivity (Wildman–Crippen MR) is 146 cm³/mol. The van der Waals surface area contributed by atoms with Crippen molar-refractivity contribution in [3.63, 3.8) is 0 Å². The molecule has 2 aromatic carbocycles. The first-order chi connectivity index (χ1) is 18.3. The molecular formula is C29H34N4O5. The Morgan fingerprint density at radius 3 is 2.53 bits per heavy atom. The number of amides is 1. The zero-order valence-corrected chi connectivity index (χ0v) is 21.8. The molecule has 38 heavy (non-hydrogen) atoms. The van der Waals surface area contributed by atoms with E-state index >= 15 is 0 Å². The molecule has 1 aliphatic heterocycles. The van der Waals surface area contributed by atoms with Crippen molar-refractivity contribution in [2.24, 2.45) is 7.05 Å². The highest BCUT2D eigenvalue weighted by molar-refractivity contribution is 6.01. The zero-order chi connectivity index (χ0) is 27.4. The summed E-state index contributed by atoms with van der Waals surface area (Å²) in [6.07, 6.45) is -3.29. The van der Waals surface area contributed by atoms with Gasteiger partial charge in [0.1, 0.15) is 36.1 Å². The van der Waals surface area contributed by atoms with Crippen LogP contribution in [0, 0.1) is 11.3 Å². The van der Waals surface area contributed by atoms with Gasteiger partial charge in [-0.1, -0.05) is 18.2 Å². The second-order valence-electron chi connectivity index (χ2n) is 9.42. The van der Waals surface area contributed by atoms with Gasteiger partial charge < -0.3 is 34.8 Å². The maximum atomic E-state index is 12.7. The molecule has 1 saturated heterocycles. The predicted octanol–water partition coefficient (Wildman–Crippen LogP) is 2.20. The Morgan fingerprint density at radius 2 is 1.82 bits per heavy atom. The Kier molecular flexibility index (Phi) is 8.49. The van der Waals surface area contributed by atoms with Gasteiger partial charge in [-0.15, -0.1) is 0 Å². The van der Waals surface area contributed by atoms with Crippen LogP contribution in [-0.2, 0) is 16.6 Å². The summed E-state index contributed by atoms with van der Waals surface area (Å²) in [6.45, 7) is 5.92. The first-order valence-electron chi connectivity index (χ1n) is 12.8. The van der Waals surface area contributed by atoms with Crippen LogP contribution < -0.4 is 10.2 Å². The molecule has 4 N–H and O–H groups in total. The summed E-state index contributed by atoms with van der Waals surface area (Å²) in [5.74, 6) is -0.624. The lowest BCUT2D eigenvalue weighted by molar-refractivity contribution is -0.185. The number of nitrogens with zero attached hydrogens (tertiary/aromatic N) is 3. The lowest BCUT2D eigenvalue weighted by Gasteiger charge is -2.35. The van der Waals surface area contributed by atoms with Gasteiger partial charge in [0.15, 0.2) is 0 Å². The molecule has 1 aliphatic rings. The maximum Gasteiger partial charge on any atom is 0.262 e. The van der Waals surface area contributed by atoms with Gasteiger partial charge in [0, 0.05) is 43.8 Å². The highest BCUT2D eigenvalue weighted by Crippen LogP contribution is 2.29. The number of carbonyl (C=O) groups is 1. The highest BCUT2D eigenvalue weighted by Gasteiger charge is 2.37. The third kappa shape index (κ3) is 5.59. The number of aliphatic hydroxyl groups excluding tert-OH is 3. The van der Waals surface area contributed by atoms with Crippen molar-refractivity contribution >= 4 is 28.4 Å². The van der Waals surface area contributed by atoms with E-state index in [1.807, 2.05) is 29.8 Å². The fraction of sp³-hybridized carbons (Fsp3) is 0.379. The van der Waals surface area contributed by atoms with Crippen LogP contribution in [0.2, 0.25) is 0 Å². The first-order valence-corrected chi connectivity index (χ1v) is 12.8. The number of ether oxygens (including phenoxy) is 1. The van der Waals surface area contributed by atoms with Gasteiger partial charge >= 0.3 is 0 Å². The quantitative estimate of drug-likeness (QED) is 0.266.